The normalized spacial score (nSPS) is 19.6. The van der Waals surface area contributed by atoms with E-state index < -0.39 is 42.1 Å². The number of ether oxygens (including phenoxy) is 3. The Morgan fingerprint density at radius 2 is 1.76 bits per heavy atom. The van der Waals surface area contributed by atoms with Gasteiger partial charge in [0.25, 0.3) is 0 Å². The summed E-state index contributed by atoms with van der Waals surface area (Å²) >= 11 is 0. The van der Waals surface area contributed by atoms with Gasteiger partial charge in [-0.15, -0.1) is 0 Å². The van der Waals surface area contributed by atoms with Crippen molar-refractivity contribution in [2.24, 2.45) is 0 Å². The molecule has 1 aliphatic carbocycles. The van der Waals surface area contributed by atoms with Gasteiger partial charge in [-0.3, -0.25) is 9.59 Å². The highest BCUT2D eigenvalue weighted by Crippen LogP contribution is 2.32. The number of aliphatic hydroxyl groups is 1. The van der Waals surface area contributed by atoms with Gasteiger partial charge in [0.2, 0.25) is 11.8 Å². The van der Waals surface area contributed by atoms with Crippen molar-refractivity contribution in [1.29, 1.82) is 0 Å². The minimum atomic E-state index is -0.849. The number of nitrogens with zero attached hydrogens (tertiary/aromatic N) is 1. The number of fused-ring (bicyclic) bond motifs is 1. The third-order valence-electron chi connectivity index (χ3n) is 8.11. The number of carbonyl (C=O) groups is 3. The third kappa shape index (κ3) is 7.89. The lowest BCUT2D eigenvalue weighted by molar-refractivity contribution is -0.137. The highest BCUT2D eigenvalue weighted by Gasteiger charge is 2.43. The number of phenols is 1. The number of phenolic OH excluding ortho intramolecular Hbond substituents is 1. The van der Waals surface area contributed by atoms with Crippen LogP contribution in [0.2, 0.25) is 0 Å². The average molecular weight is 627 g/mol. The zero-order valence-corrected chi connectivity index (χ0v) is 25.6. The molecule has 46 heavy (non-hydrogen) atoms. The van der Waals surface area contributed by atoms with Crippen LogP contribution in [0.5, 0.6) is 5.75 Å². The third-order valence-corrected chi connectivity index (χ3v) is 8.11. The van der Waals surface area contributed by atoms with E-state index in [1.165, 1.54) is 4.90 Å². The van der Waals surface area contributed by atoms with Crippen molar-refractivity contribution in [3.63, 3.8) is 0 Å². The summed E-state index contributed by atoms with van der Waals surface area (Å²) in [5.74, 6) is -1.16. The van der Waals surface area contributed by atoms with Crippen LogP contribution in [0.25, 0.3) is 6.08 Å². The van der Waals surface area contributed by atoms with Gasteiger partial charge in [0.1, 0.15) is 36.9 Å². The molecule has 2 aliphatic rings. The smallest absolute Gasteiger partial charge is 0.339 e. The minimum Gasteiger partial charge on any atom is -0.508 e. The number of likely N-dealkylation sites (N-methyl/N-ethyl adjacent to an activating group) is 1. The molecular formula is C36H38N2O8. The highest BCUT2D eigenvalue weighted by atomic mass is 16.7. The Kier molecular flexibility index (Phi) is 11.0. The molecule has 5 rings (SSSR count). The maximum atomic E-state index is 13.9. The molecular weight excluding hydrogens is 588 g/mol. The molecule has 3 N–H and O–H groups in total. The van der Waals surface area contributed by atoms with Crippen LogP contribution in [0.15, 0.2) is 96.6 Å². The molecule has 1 heterocycles. The van der Waals surface area contributed by atoms with Gasteiger partial charge in [-0.2, -0.15) is 0 Å². The van der Waals surface area contributed by atoms with Crippen molar-refractivity contribution in [3.05, 3.63) is 119 Å². The van der Waals surface area contributed by atoms with E-state index in [0.717, 1.165) is 11.1 Å². The Morgan fingerprint density at radius 3 is 2.54 bits per heavy atom. The first-order valence-corrected chi connectivity index (χ1v) is 15.2. The maximum Gasteiger partial charge on any atom is 0.339 e. The van der Waals surface area contributed by atoms with Crippen LogP contribution in [0.1, 0.15) is 33.5 Å². The summed E-state index contributed by atoms with van der Waals surface area (Å²) < 4.78 is 17.5. The number of hydrogen-bond acceptors (Lipinski definition) is 8. The molecule has 0 aromatic heterocycles. The summed E-state index contributed by atoms with van der Waals surface area (Å²) in [5, 5.41) is 22.0. The van der Waals surface area contributed by atoms with Crippen molar-refractivity contribution in [2.75, 3.05) is 27.0 Å². The fourth-order valence-electron chi connectivity index (χ4n) is 5.65. The Labute approximate surface area is 267 Å². The molecule has 4 unspecified atom stereocenters. The Balaban J connectivity index is 1.31. The SMILES string of the molecule is CN(C(=O)C1=CC2OCOC2C(OC(=O)c2ccccc2C=CCc2ccccc2O)C1)C(Cc1ccccc1)C(=O)NCCO. The standard InChI is InChI=1S/C36H38N2O8/c1-38(29(34(41)37-18-19-39)20-24-10-3-2-4-11-24)35(42)27-21-31-33(45-23-44-31)32(22-27)46-36(43)28-16-7-5-12-25(28)14-9-15-26-13-6-8-17-30(26)40/h2-14,16-17,21,29,31-33,39-40H,15,18-20,22-23H2,1H3,(H,37,41). The van der Waals surface area contributed by atoms with Crippen LogP contribution >= 0.6 is 0 Å². The molecule has 3 aromatic rings. The molecule has 1 aliphatic heterocycles. The van der Waals surface area contributed by atoms with Crippen molar-refractivity contribution >= 4 is 23.9 Å². The predicted octanol–water partition coefficient (Wildman–Crippen LogP) is 3.42. The summed E-state index contributed by atoms with van der Waals surface area (Å²) in [4.78, 5) is 41.9. The van der Waals surface area contributed by atoms with Crippen LogP contribution in [0.3, 0.4) is 0 Å². The molecule has 10 nitrogen and oxygen atoms in total. The van der Waals surface area contributed by atoms with E-state index in [1.807, 2.05) is 54.6 Å². The molecule has 10 heteroatoms. The summed E-state index contributed by atoms with van der Waals surface area (Å²) in [6, 6.07) is 22.6. The number of benzene rings is 3. The van der Waals surface area contributed by atoms with Crippen molar-refractivity contribution in [1.82, 2.24) is 10.2 Å². The van der Waals surface area contributed by atoms with Crippen molar-refractivity contribution < 1.29 is 38.8 Å². The lowest BCUT2D eigenvalue weighted by atomic mass is 9.90. The van der Waals surface area contributed by atoms with Crippen LogP contribution in [0.4, 0.5) is 0 Å². The Bertz CT molecular complexity index is 1590. The van der Waals surface area contributed by atoms with E-state index in [4.69, 9.17) is 14.2 Å². The van der Waals surface area contributed by atoms with E-state index in [0.29, 0.717) is 23.1 Å². The van der Waals surface area contributed by atoms with Gasteiger partial charge in [-0.05, 0) is 41.3 Å². The van der Waals surface area contributed by atoms with Gasteiger partial charge in [0.05, 0.1) is 12.2 Å². The molecule has 1 saturated heterocycles. The second-order valence-corrected chi connectivity index (χ2v) is 11.2. The molecule has 2 amide bonds. The first-order chi connectivity index (χ1) is 22.4. The second kappa shape index (κ2) is 15.5. The summed E-state index contributed by atoms with van der Waals surface area (Å²) in [5.41, 5.74) is 2.96. The number of amides is 2. The largest absolute Gasteiger partial charge is 0.508 e. The van der Waals surface area contributed by atoms with Crippen LogP contribution in [-0.4, -0.2) is 84.2 Å². The Hall–Kier alpha value is -4.77. The Morgan fingerprint density at radius 1 is 1.02 bits per heavy atom. The quantitative estimate of drug-likeness (QED) is 0.261. The van der Waals surface area contributed by atoms with Gasteiger partial charge in [0.15, 0.2) is 0 Å². The fourth-order valence-corrected chi connectivity index (χ4v) is 5.65. The van der Waals surface area contributed by atoms with Gasteiger partial charge in [-0.1, -0.05) is 78.9 Å². The minimum absolute atomic E-state index is 0.0109. The molecule has 0 spiro atoms. The predicted molar refractivity (Wildman–Crippen MR) is 171 cm³/mol. The fraction of sp³-hybridized carbons (Fsp3) is 0.306. The number of carbonyl (C=O) groups excluding carboxylic acids is 3. The van der Waals surface area contributed by atoms with Gasteiger partial charge >= 0.3 is 5.97 Å². The highest BCUT2D eigenvalue weighted by molar-refractivity contribution is 5.97. The molecule has 0 radical (unpaired) electrons. The van der Waals surface area contributed by atoms with Crippen LogP contribution < -0.4 is 5.32 Å². The number of nitrogens with one attached hydrogen (secondary N) is 1. The van der Waals surface area contributed by atoms with E-state index in [2.05, 4.69) is 5.32 Å². The van der Waals surface area contributed by atoms with Crippen LogP contribution in [0, 0.1) is 0 Å². The molecule has 0 bridgehead atoms. The summed E-state index contributed by atoms with van der Waals surface area (Å²) in [6.45, 7) is -0.175. The summed E-state index contributed by atoms with van der Waals surface area (Å²) in [6.07, 6.45) is 4.15. The second-order valence-electron chi connectivity index (χ2n) is 11.2. The number of para-hydroxylation sites is 1. The average Bonchev–Trinajstić information content (AvgIpc) is 3.56. The molecule has 4 atom stereocenters. The van der Waals surface area contributed by atoms with E-state index >= 15 is 0 Å². The van der Waals surface area contributed by atoms with Crippen molar-refractivity contribution in [3.8, 4) is 5.75 Å². The molecule has 1 fully saturated rings. The van der Waals surface area contributed by atoms with Gasteiger partial charge in [-0.25, -0.2) is 4.79 Å². The van der Waals surface area contributed by atoms with Gasteiger partial charge < -0.3 is 34.6 Å². The van der Waals surface area contributed by atoms with Gasteiger partial charge in [0, 0.05) is 32.0 Å². The number of esters is 1. The number of aromatic hydroxyl groups is 1. The van der Waals surface area contributed by atoms with E-state index in [-0.39, 0.29) is 38.5 Å². The van der Waals surface area contributed by atoms with E-state index in [9.17, 15) is 24.6 Å². The number of allylic oxidation sites excluding steroid dienone is 1. The number of rotatable bonds is 12. The summed E-state index contributed by atoms with van der Waals surface area (Å²) in [7, 11) is 1.56. The van der Waals surface area contributed by atoms with Crippen molar-refractivity contribution in [2.45, 2.75) is 43.6 Å². The first kappa shape index (κ1) is 32.6. The molecule has 0 saturated carbocycles. The maximum absolute atomic E-state index is 13.9. The lowest BCUT2D eigenvalue weighted by Gasteiger charge is -2.33. The first-order valence-electron chi connectivity index (χ1n) is 15.2. The van der Waals surface area contributed by atoms with E-state index in [1.54, 1.807) is 49.5 Å². The zero-order chi connectivity index (χ0) is 32.5. The molecule has 3 aromatic carbocycles. The topological polar surface area (TPSA) is 135 Å². The van der Waals surface area contributed by atoms with Crippen LogP contribution in [-0.2, 0) is 36.6 Å². The number of hydrogen-bond donors (Lipinski definition) is 3. The monoisotopic (exact) mass is 626 g/mol. The molecule has 240 valence electrons. The number of aliphatic hydroxyl groups excluding tert-OH is 1. The zero-order valence-electron chi connectivity index (χ0n) is 25.6. The lowest BCUT2D eigenvalue weighted by Crippen LogP contribution is -2.51.